The molecule has 0 radical (unpaired) electrons. The highest BCUT2D eigenvalue weighted by Gasteiger charge is 2.50. The van der Waals surface area contributed by atoms with Gasteiger partial charge in [0.2, 0.25) is 11.4 Å². The van der Waals surface area contributed by atoms with E-state index in [0.717, 1.165) is 5.56 Å². The average Bonchev–Trinajstić information content (AvgIpc) is 2.82. The van der Waals surface area contributed by atoms with Gasteiger partial charge in [0, 0.05) is 0 Å². The van der Waals surface area contributed by atoms with E-state index in [4.69, 9.17) is 20.0 Å². The second kappa shape index (κ2) is 7.01. The third kappa shape index (κ3) is 3.92. The lowest BCUT2D eigenvalue weighted by Gasteiger charge is -2.29. The lowest BCUT2D eigenvalue weighted by Crippen LogP contribution is -2.34. The Balaban J connectivity index is 2.59. The quantitative estimate of drug-likeness (QED) is 0.612. The Hall–Kier alpha value is -3.12. The van der Waals surface area contributed by atoms with Crippen LogP contribution in [0.1, 0.15) is 46.1 Å². The van der Waals surface area contributed by atoms with Gasteiger partial charge in [-0.15, -0.1) is 0 Å². The van der Waals surface area contributed by atoms with Crippen LogP contribution in [-0.2, 0) is 14.3 Å². The fraction of sp³-hybridized carbons (Fsp3) is 0.400. The highest BCUT2D eigenvalue weighted by Crippen LogP contribution is 2.47. The highest BCUT2D eigenvalue weighted by molar-refractivity contribution is 6.10. The Morgan fingerprint density at radius 3 is 2.31 bits per heavy atom. The van der Waals surface area contributed by atoms with Gasteiger partial charge in [0.05, 0.1) is 11.5 Å². The van der Waals surface area contributed by atoms with Crippen LogP contribution in [0.3, 0.4) is 0 Å². The fourth-order valence-electron chi connectivity index (χ4n) is 3.00. The summed E-state index contributed by atoms with van der Waals surface area (Å²) in [5.41, 5.74) is -1.15. The molecule has 1 heterocycles. The number of benzene rings is 1. The molecule has 0 fully saturated rings. The molecule has 6 nitrogen and oxygen atoms in total. The zero-order valence-corrected chi connectivity index (χ0v) is 15.5. The van der Waals surface area contributed by atoms with E-state index < -0.39 is 23.2 Å². The van der Waals surface area contributed by atoms with Gasteiger partial charge >= 0.3 is 5.97 Å². The first-order valence-corrected chi connectivity index (χ1v) is 8.19. The van der Waals surface area contributed by atoms with Crippen LogP contribution in [0.4, 0.5) is 0 Å². The molecule has 1 aliphatic heterocycles. The number of aliphatic imine (C=N–C) groups is 1. The van der Waals surface area contributed by atoms with Gasteiger partial charge in [0.1, 0.15) is 23.5 Å². The number of allylic oxidation sites excluding steroid dienone is 1. The van der Waals surface area contributed by atoms with Gasteiger partial charge in [0.25, 0.3) is 0 Å². The topological polar surface area (TPSA) is 95.5 Å². The highest BCUT2D eigenvalue weighted by atomic mass is 16.6. The molecule has 134 valence electrons. The smallest absolute Gasteiger partial charge is 0.338 e. The monoisotopic (exact) mass is 351 g/mol. The first-order chi connectivity index (χ1) is 12.1. The molecule has 0 saturated carbocycles. The molecule has 0 saturated heterocycles. The van der Waals surface area contributed by atoms with E-state index in [9.17, 15) is 4.79 Å². The van der Waals surface area contributed by atoms with Crippen LogP contribution in [0.5, 0.6) is 0 Å². The van der Waals surface area contributed by atoms with Crippen LogP contribution in [0.2, 0.25) is 0 Å². The second-order valence-electron chi connectivity index (χ2n) is 7.16. The Morgan fingerprint density at radius 1 is 1.23 bits per heavy atom. The molecule has 2 rings (SSSR count). The van der Waals surface area contributed by atoms with E-state index in [-0.39, 0.29) is 5.71 Å². The van der Waals surface area contributed by atoms with Crippen molar-refractivity contribution in [2.75, 3.05) is 0 Å². The summed E-state index contributed by atoms with van der Waals surface area (Å²) in [5, 5.41) is 18.2. The Bertz CT molecular complexity index is 835. The Kier molecular flexibility index (Phi) is 5.18. The van der Waals surface area contributed by atoms with Crippen molar-refractivity contribution >= 4 is 11.7 Å². The fourth-order valence-corrected chi connectivity index (χ4v) is 3.00. The first-order valence-electron chi connectivity index (χ1n) is 8.19. The van der Waals surface area contributed by atoms with E-state index >= 15 is 0 Å². The molecule has 2 atom stereocenters. The maximum Gasteiger partial charge on any atom is 0.338 e. The minimum absolute atomic E-state index is 0.313. The van der Waals surface area contributed by atoms with Crippen molar-refractivity contribution in [3.63, 3.8) is 0 Å². The van der Waals surface area contributed by atoms with Gasteiger partial charge in [-0.05, 0) is 40.2 Å². The molecule has 0 amide bonds. The van der Waals surface area contributed by atoms with Crippen molar-refractivity contribution in [1.29, 1.82) is 10.5 Å². The predicted octanol–water partition coefficient (Wildman–Crippen LogP) is 3.62. The molecule has 6 heteroatoms. The zero-order chi connectivity index (χ0) is 19.5. The van der Waals surface area contributed by atoms with Crippen LogP contribution in [0.15, 0.2) is 46.7 Å². The van der Waals surface area contributed by atoms with Crippen molar-refractivity contribution in [3.8, 4) is 12.1 Å². The van der Waals surface area contributed by atoms with Crippen LogP contribution in [-0.4, -0.2) is 23.0 Å². The van der Waals surface area contributed by atoms with Gasteiger partial charge in [-0.2, -0.15) is 10.5 Å². The number of hydrogen-bond donors (Lipinski definition) is 0. The van der Waals surface area contributed by atoms with Crippen molar-refractivity contribution in [2.45, 2.75) is 51.9 Å². The summed E-state index contributed by atoms with van der Waals surface area (Å²) in [5.74, 6) is -0.733. The van der Waals surface area contributed by atoms with Gasteiger partial charge in [-0.25, -0.2) is 9.79 Å². The molecule has 0 aliphatic carbocycles. The molecule has 0 spiro atoms. The predicted molar refractivity (Wildman–Crippen MR) is 95.9 cm³/mol. The number of carbonyl (C=O) groups excluding carboxylic acids is 1. The lowest BCUT2D eigenvalue weighted by molar-refractivity contribution is -0.150. The molecule has 0 N–H and O–H groups in total. The molecule has 0 bridgehead atoms. The van der Waals surface area contributed by atoms with E-state index in [1.165, 1.54) is 0 Å². The number of hydrogen-bond acceptors (Lipinski definition) is 6. The summed E-state index contributed by atoms with van der Waals surface area (Å²) in [4.78, 5) is 17.0. The maximum absolute atomic E-state index is 12.8. The zero-order valence-electron chi connectivity index (χ0n) is 15.5. The van der Waals surface area contributed by atoms with Crippen LogP contribution >= 0.6 is 0 Å². The molecule has 1 aliphatic rings. The Morgan fingerprint density at radius 2 is 1.81 bits per heavy atom. The number of rotatable bonds is 3. The number of nitrogens with zero attached hydrogens (tertiary/aromatic N) is 3. The molecule has 0 unspecified atom stereocenters. The SMILES string of the molecule is CC1=C(C(=O)OC(C)(C)C)[C@@H](c2ccccc2)[C@@](C)(N=C(C#N)C#N)O1. The number of ether oxygens (including phenoxy) is 2. The third-order valence-electron chi connectivity index (χ3n) is 3.86. The molecular weight excluding hydrogens is 330 g/mol. The summed E-state index contributed by atoms with van der Waals surface area (Å²) >= 11 is 0. The number of nitriles is 2. The third-order valence-corrected chi connectivity index (χ3v) is 3.86. The van der Waals surface area contributed by atoms with E-state index in [1.54, 1.807) is 46.8 Å². The normalized spacial score (nSPS) is 22.0. The average molecular weight is 351 g/mol. The minimum atomic E-state index is -1.29. The standard InChI is InChI=1S/C20H21N3O3/c1-13-16(18(24)26-19(2,3)4)17(14-9-7-6-8-10-14)20(5,25-13)23-15(11-21)12-22/h6-10,17H,1-5H3/t17-,20+/m1/s1. The summed E-state index contributed by atoms with van der Waals surface area (Å²) in [6.07, 6.45) is 0. The molecule has 26 heavy (non-hydrogen) atoms. The lowest BCUT2D eigenvalue weighted by atomic mass is 9.84. The van der Waals surface area contributed by atoms with E-state index in [1.807, 2.05) is 30.3 Å². The van der Waals surface area contributed by atoms with Crippen molar-refractivity contribution in [2.24, 2.45) is 4.99 Å². The van der Waals surface area contributed by atoms with Crippen LogP contribution in [0, 0.1) is 22.7 Å². The van der Waals surface area contributed by atoms with Crippen molar-refractivity contribution in [3.05, 3.63) is 47.2 Å². The summed E-state index contributed by atoms with van der Waals surface area (Å²) in [6, 6.07) is 12.7. The van der Waals surface area contributed by atoms with E-state index in [0.29, 0.717) is 11.3 Å². The summed E-state index contributed by atoms with van der Waals surface area (Å²) in [6.45, 7) is 8.67. The molecule has 0 aromatic heterocycles. The summed E-state index contributed by atoms with van der Waals surface area (Å²) < 4.78 is 11.4. The van der Waals surface area contributed by atoms with Crippen LogP contribution < -0.4 is 0 Å². The second-order valence-corrected chi connectivity index (χ2v) is 7.16. The van der Waals surface area contributed by atoms with Crippen molar-refractivity contribution < 1.29 is 14.3 Å². The summed E-state index contributed by atoms with van der Waals surface area (Å²) in [7, 11) is 0. The Labute approximate surface area is 153 Å². The first kappa shape index (κ1) is 19.2. The van der Waals surface area contributed by atoms with Gasteiger partial charge in [-0.3, -0.25) is 0 Å². The maximum atomic E-state index is 12.8. The van der Waals surface area contributed by atoms with Gasteiger partial charge < -0.3 is 9.47 Å². The largest absolute Gasteiger partial charge is 0.469 e. The van der Waals surface area contributed by atoms with Gasteiger partial charge in [0.15, 0.2) is 0 Å². The number of carbonyl (C=O) groups is 1. The molecular formula is C20H21N3O3. The minimum Gasteiger partial charge on any atom is -0.469 e. The van der Waals surface area contributed by atoms with Crippen LogP contribution in [0.25, 0.3) is 0 Å². The van der Waals surface area contributed by atoms with Gasteiger partial charge in [-0.1, -0.05) is 30.3 Å². The van der Waals surface area contributed by atoms with E-state index in [2.05, 4.69) is 4.99 Å². The number of esters is 1. The van der Waals surface area contributed by atoms with Crippen molar-refractivity contribution in [1.82, 2.24) is 0 Å². The molecule has 1 aromatic carbocycles. The molecule has 1 aromatic rings.